The van der Waals surface area contributed by atoms with Crippen molar-refractivity contribution in [2.75, 3.05) is 12.1 Å². The molecule has 0 radical (unpaired) electrons. The first kappa shape index (κ1) is 12.1. The zero-order valence-corrected chi connectivity index (χ0v) is 10.8. The molecule has 3 heteroatoms. The van der Waals surface area contributed by atoms with Gasteiger partial charge >= 0.3 is 0 Å². The van der Waals surface area contributed by atoms with Gasteiger partial charge in [-0.3, -0.25) is 0 Å². The minimum absolute atomic E-state index is 0.335. The molecule has 1 N–H and O–H groups in total. The number of fused-ring (bicyclic) bond motifs is 1. The van der Waals surface area contributed by atoms with E-state index in [9.17, 15) is 0 Å². The topological polar surface area (TPSA) is 30.5 Å². The number of ether oxygens (including phenoxy) is 2. The van der Waals surface area contributed by atoms with Crippen LogP contribution in [0.2, 0.25) is 0 Å². The SMILES string of the molecule is CC(C)CCC(C)Nc1ccc2c(c1)OCO2. The van der Waals surface area contributed by atoms with Crippen LogP contribution >= 0.6 is 0 Å². The summed E-state index contributed by atoms with van der Waals surface area (Å²) in [7, 11) is 0. The average Bonchev–Trinajstić information content (AvgIpc) is 2.73. The minimum atomic E-state index is 0.335. The van der Waals surface area contributed by atoms with Crippen molar-refractivity contribution < 1.29 is 9.47 Å². The summed E-state index contributed by atoms with van der Waals surface area (Å²) in [6.07, 6.45) is 2.44. The van der Waals surface area contributed by atoms with Crippen LogP contribution in [0.4, 0.5) is 5.69 Å². The van der Waals surface area contributed by atoms with E-state index in [-0.39, 0.29) is 0 Å². The van der Waals surface area contributed by atoms with Crippen LogP contribution in [0, 0.1) is 5.92 Å². The van der Waals surface area contributed by atoms with E-state index < -0.39 is 0 Å². The molecule has 2 rings (SSSR count). The molecule has 0 bridgehead atoms. The second-order valence-electron chi connectivity index (χ2n) is 5.08. The molecule has 0 spiro atoms. The van der Waals surface area contributed by atoms with Crippen LogP contribution in [0.25, 0.3) is 0 Å². The average molecular weight is 235 g/mol. The molecule has 0 saturated carbocycles. The first-order valence-corrected chi connectivity index (χ1v) is 6.31. The third-order valence-corrected chi connectivity index (χ3v) is 2.96. The first-order chi connectivity index (χ1) is 8.15. The van der Waals surface area contributed by atoms with Crippen LogP contribution in [0.3, 0.4) is 0 Å². The van der Waals surface area contributed by atoms with Gasteiger partial charge in [-0.15, -0.1) is 0 Å². The Hall–Kier alpha value is -1.38. The lowest BCUT2D eigenvalue weighted by molar-refractivity contribution is 0.174. The quantitative estimate of drug-likeness (QED) is 0.845. The Morgan fingerprint density at radius 2 is 1.88 bits per heavy atom. The molecule has 0 aromatic heterocycles. The maximum Gasteiger partial charge on any atom is 0.231 e. The summed E-state index contributed by atoms with van der Waals surface area (Å²) in [5.74, 6) is 2.44. The van der Waals surface area contributed by atoms with Crippen molar-refractivity contribution in [1.29, 1.82) is 0 Å². The Kier molecular flexibility index (Phi) is 3.77. The summed E-state index contributed by atoms with van der Waals surface area (Å²) in [6, 6.07) is 6.49. The molecule has 1 aromatic rings. The summed E-state index contributed by atoms with van der Waals surface area (Å²) in [4.78, 5) is 0. The van der Waals surface area contributed by atoms with Crippen LogP contribution in [-0.2, 0) is 0 Å². The molecule has 1 aromatic carbocycles. The van der Waals surface area contributed by atoms with E-state index in [1.165, 1.54) is 12.8 Å². The summed E-state index contributed by atoms with van der Waals surface area (Å²) in [5.41, 5.74) is 1.10. The lowest BCUT2D eigenvalue weighted by Gasteiger charge is -2.16. The molecule has 0 saturated heterocycles. The maximum absolute atomic E-state index is 5.36. The lowest BCUT2D eigenvalue weighted by atomic mass is 10.0. The van der Waals surface area contributed by atoms with Crippen LogP contribution in [0.15, 0.2) is 18.2 Å². The molecule has 3 nitrogen and oxygen atoms in total. The number of hydrogen-bond donors (Lipinski definition) is 1. The highest BCUT2D eigenvalue weighted by Gasteiger charge is 2.13. The molecule has 1 aliphatic rings. The molecule has 0 amide bonds. The van der Waals surface area contributed by atoms with E-state index in [2.05, 4.69) is 26.1 Å². The van der Waals surface area contributed by atoms with E-state index in [0.29, 0.717) is 12.8 Å². The molecular weight excluding hydrogens is 214 g/mol. The molecule has 1 unspecified atom stereocenters. The normalized spacial score (nSPS) is 15.1. The number of hydrogen-bond acceptors (Lipinski definition) is 3. The highest BCUT2D eigenvalue weighted by molar-refractivity contribution is 5.55. The number of nitrogens with one attached hydrogen (secondary N) is 1. The fraction of sp³-hybridized carbons (Fsp3) is 0.571. The maximum atomic E-state index is 5.36. The van der Waals surface area contributed by atoms with Gasteiger partial charge in [-0.25, -0.2) is 0 Å². The van der Waals surface area contributed by atoms with Gasteiger partial charge in [0, 0.05) is 17.8 Å². The van der Waals surface area contributed by atoms with Crippen LogP contribution in [0.5, 0.6) is 11.5 Å². The Morgan fingerprint density at radius 3 is 2.65 bits per heavy atom. The summed E-state index contributed by atoms with van der Waals surface area (Å²) in [6.45, 7) is 7.06. The van der Waals surface area contributed by atoms with Gasteiger partial charge in [0.15, 0.2) is 11.5 Å². The van der Waals surface area contributed by atoms with E-state index in [1.54, 1.807) is 0 Å². The van der Waals surface area contributed by atoms with Gasteiger partial charge in [-0.05, 0) is 37.8 Å². The Morgan fingerprint density at radius 1 is 1.12 bits per heavy atom. The van der Waals surface area contributed by atoms with Gasteiger partial charge in [0.1, 0.15) is 0 Å². The van der Waals surface area contributed by atoms with Gasteiger partial charge in [0.25, 0.3) is 0 Å². The summed E-state index contributed by atoms with van der Waals surface area (Å²) in [5, 5.41) is 3.49. The predicted octanol–water partition coefficient (Wildman–Crippen LogP) is 3.65. The van der Waals surface area contributed by atoms with E-state index >= 15 is 0 Å². The standard InChI is InChI=1S/C14H21NO2/c1-10(2)4-5-11(3)15-12-6-7-13-14(8-12)17-9-16-13/h6-8,10-11,15H,4-5,9H2,1-3H3. The van der Waals surface area contributed by atoms with Crippen LogP contribution in [0.1, 0.15) is 33.6 Å². The van der Waals surface area contributed by atoms with E-state index in [4.69, 9.17) is 9.47 Å². The summed E-state index contributed by atoms with van der Waals surface area (Å²) >= 11 is 0. The van der Waals surface area contributed by atoms with Crippen molar-refractivity contribution in [1.82, 2.24) is 0 Å². The highest BCUT2D eigenvalue weighted by atomic mass is 16.7. The largest absolute Gasteiger partial charge is 0.454 e. The molecule has 0 fully saturated rings. The fourth-order valence-electron chi connectivity index (χ4n) is 1.93. The number of rotatable bonds is 5. The minimum Gasteiger partial charge on any atom is -0.454 e. The third kappa shape index (κ3) is 3.29. The molecule has 1 heterocycles. The zero-order chi connectivity index (χ0) is 12.3. The van der Waals surface area contributed by atoms with Crippen molar-refractivity contribution in [3.63, 3.8) is 0 Å². The summed E-state index contributed by atoms with van der Waals surface area (Å²) < 4.78 is 10.6. The highest BCUT2D eigenvalue weighted by Crippen LogP contribution is 2.34. The second-order valence-corrected chi connectivity index (χ2v) is 5.08. The first-order valence-electron chi connectivity index (χ1n) is 6.31. The van der Waals surface area contributed by atoms with Crippen molar-refractivity contribution in [2.24, 2.45) is 5.92 Å². The van der Waals surface area contributed by atoms with Crippen molar-refractivity contribution in [3.8, 4) is 11.5 Å². The fourth-order valence-corrected chi connectivity index (χ4v) is 1.93. The van der Waals surface area contributed by atoms with Crippen molar-refractivity contribution >= 4 is 5.69 Å². The van der Waals surface area contributed by atoms with Gasteiger partial charge in [0.2, 0.25) is 6.79 Å². The Bertz CT molecular complexity index is 376. The van der Waals surface area contributed by atoms with E-state index in [0.717, 1.165) is 23.1 Å². The molecular formula is C14H21NO2. The molecule has 94 valence electrons. The molecule has 0 aliphatic carbocycles. The van der Waals surface area contributed by atoms with Crippen LogP contribution < -0.4 is 14.8 Å². The molecule has 1 aliphatic heterocycles. The van der Waals surface area contributed by atoms with Gasteiger partial charge < -0.3 is 14.8 Å². The monoisotopic (exact) mass is 235 g/mol. The number of anilines is 1. The second kappa shape index (κ2) is 5.30. The third-order valence-electron chi connectivity index (χ3n) is 2.96. The molecule has 17 heavy (non-hydrogen) atoms. The lowest BCUT2D eigenvalue weighted by Crippen LogP contribution is -2.15. The van der Waals surface area contributed by atoms with Crippen LogP contribution in [-0.4, -0.2) is 12.8 Å². The smallest absolute Gasteiger partial charge is 0.231 e. The Labute approximate surface area is 103 Å². The zero-order valence-electron chi connectivity index (χ0n) is 10.8. The van der Waals surface area contributed by atoms with Gasteiger partial charge in [0.05, 0.1) is 0 Å². The van der Waals surface area contributed by atoms with Crippen molar-refractivity contribution in [2.45, 2.75) is 39.7 Å². The molecule has 1 atom stereocenters. The van der Waals surface area contributed by atoms with Gasteiger partial charge in [-0.1, -0.05) is 13.8 Å². The van der Waals surface area contributed by atoms with Gasteiger partial charge in [-0.2, -0.15) is 0 Å². The Balaban J connectivity index is 1.90. The van der Waals surface area contributed by atoms with E-state index in [1.807, 2.05) is 18.2 Å². The van der Waals surface area contributed by atoms with Crippen molar-refractivity contribution in [3.05, 3.63) is 18.2 Å². The predicted molar refractivity (Wildman–Crippen MR) is 69.7 cm³/mol. The number of benzene rings is 1.